The number of hydrogen-bond acceptors (Lipinski definition) is 4. The number of aryl methyl sites for hydroxylation is 1. The van der Waals surface area contributed by atoms with E-state index in [-0.39, 0.29) is 24.8 Å². The molecule has 0 atom stereocenters. The predicted octanol–water partition coefficient (Wildman–Crippen LogP) is 4.14. The van der Waals surface area contributed by atoms with E-state index in [1.807, 2.05) is 6.92 Å². The van der Waals surface area contributed by atoms with Gasteiger partial charge in [0.15, 0.2) is 0 Å². The van der Waals surface area contributed by atoms with E-state index in [0.29, 0.717) is 26.9 Å². The largest absolute Gasteiger partial charge is 0.383 e. The Morgan fingerprint density at radius 1 is 1.00 bits per heavy atom. The fraction of sp³-hybridized carbons (Fsp3) is 0.200. The Bertz CT molecular complexity index is 923. The molecule has 0 aromatic heterocycles. The van der Waals surface area contributed by atoms with Crippen LogP contribution in [0.2, 0.25) is 10.0 Å². The number of ether oxygens (including phenoxy) is 1. The third-order valence-corrected chi connectivity index (χ3v) is 4.76. The number of methoxy groups -OCH3 is 1. The molecule has 1 heterocycles. The number of amides is 2. The van der Waals surface area contributed by atoms with Crippen LogP contribution in [0.15, 0.2) is 48.2 Å². The van der Waals surface area contributed by atoms with Gasteiger partial charge in [0.1, 0.15) is 5.70 Å². The molecule has 5 nitrogen and oxygen atoms in total. The summed E-state index contributed by atoms with van der Waals surface area (Å²) in [4.78, 5) is 27.1. The van der Waals surface area contributed by atoms with Gasteiger partial charge in [-0.3, -0.25) is 14.5 Å². The van der Waals surface area contributed by atoms with Gasteiger partial charge >= 0.3 is 0 Å². The number of benzene rings is 2. The molecule has 1 aliphatic heterocycles. The number of hydrogen-bond donors (Lipinski definition) is 1. The summed E-state index contributed by atoms with van der Waals surface area (Å²) in [6, 6.07) is 12.1. The second-order valence-electron chi connectivity index (χ2n) is 6.10. The molecule has 0 saturated carbocycles. The maximum Gasteiger partial charge on any atom is 0.278 e. The Morgan fingerprint density at radius 2 is 1.67 bits per heavy atom. The number of carbonyl (C=O) groups excluding carboxylic acids is 2. The van der Waals surface area contributed by atoms with Crippen LogP contribution in [0.4, 0.5) is 5.69 Å². The lowest BCUT2D eigenvalue weighted by molar-refractivity contribution is -0.137. The molecule has 7 heteroatoms. The van der Waals surface area contributed by atoms with Gasteiger partial charge in [-0.25, -0.2) is 0 Å². The number of nitrogens with one attached hydrogen (secondary N) is 1. The van der Waals surface area contributed by atoms with Gasteiger partial charge in [-0.2, -0.15) is 0 Å². The summed E-state index contributed by atoms with van der Waals surface area (Å²) in [6.07, 6.45) is 0. The van der Waals surface area contributed by atoms with E-state index < -0.39 is 5.91 Å². The van der Waals surface area contributed by atoms with Crippen LogP contribution in [0, 0.1) is 6.92 Å². The highest BCUT2D eigenvalue weighted by molar-refractivity contribution is 6.37. The third kappa shape index (κ3) is 4.00. The molecule has 0 fully saturated rings. The van der Waals surface area contributed by atoms with Gasteiger partial charge in [0.25, 0.3) is 11.8 Å². The lowest BCUT2D eigenvalue weighted by Crippen LogP contribution is -2.35. The van der Waals surface area contributed by atoms with E-state index in [1.165, 1.54) is 12.0 Å². The minimum absolute atomic E-state index is 0.177. The first-order chi connectivity index (χ1) is 12.9. The van der Waals surface area contributed by atoms with Gasteiger partial charge in [-0.05, 0) is 48.4 Å². The third-order valence-electron chi connectivity index (χ3n) is 4.27. The number of carbonyl (C=O) groups is 2. The number of halogens is 2. The maximum absolute atomic E-state index is 12.9. The molecule has 0 saturated heterocycles. The summed E-state index contributed by atoms with van der Waals surface area (Å²) in [6.45, 7) is 2.31. The summed E-state index contributed by atoms with van der Waals surface area (Å²) in [7, 11) is 1.52. The van der Waals surface area contributed by atoms with Crippen molar-refractivity contribution in [1.29, 1.82) is 0 Å². The Balaban J connectivity index is 2.05. The van der Waals surface area contributed by atoms with Gasteiger partial charge in [-0.1, -0.05) is 35.3 Å². The smallest absolute Gasteiger partial charge is 0.278 e. The van der Waals surface area contributed by atoms with Crippen molar-refractivity contribution in [3.05, 3.63) is 69.3 Å². The first kappa shape index (κ1) is 19.4. The molecule has 2 aromatic rings. The van der Waals surface area contributed by atoms with Crippen LogP contribution in [-0.2, 0) is 14.3 Å². The summed E-state index contributed by atoms with van der Waals surface area (Å²) in [5, 5.41) is 4.27. The molecule has 1 N–H and O–H groups in total. The van der Waals surface area contributed by atoms with Gasteiger partial charge in [-0.15, -0.1) is 0 Å². The average Bonchev–Trinajstić information content (AvgIpc) is 2.86. The van der Waals surface area contributed by atoms with E-state index in [4.69, 9.17) is 27.9 Å². The number of nitrogens with zero attached hydrogens (tertiary/aromatic N) is 1. The Morgan fingerprint density at radius 3 is 2.30 bits per heavy atom. The van der Waals surface area contributed by atoms with Crippen molar-refractivity contribution in [2.75, 3.05) is 25.6 Å². The Kier molecular flexibility index (Phi) is 5.85. The molecule has 2 aromatic carbocycles. The van der Waals surface area contributed by atoms with Crippen molar-refractivity contribution in [2.45, 2.75) is 6.92 Å². The molecule has 0 radical (unpaired) electrons. The van der Waals surface area contributed by atoms with Crippen LogP contribution >= 0.6 is 23.2 Å². The first-order valence-corrected chi connectivity index (χ1v) is 9.06. The zero-order valence-electron chi connectivity index (χ0n) is 14.9. The quantitative estimate of drug-likeness (QED) is 0.734. The van der Waals surface area contributed by atoms with Crippen LogP contribution in [0.5, 0.6) is 0 Å². The standard InChI is InChI=1S/C20H18Cl2N2O3/c1-12-11-15(22)7-8-16(12)23-18-17(13-3-5-14(21)6-4-13)19(25)24(20(18)26)9-10-27-2/h3-8,11,23H,9-10H2,1-2H3. The molecular formula is C20H18Cl2N2O3. The SMILES string of the molecule is COCCN1C(=O)C(Nc2ccc(Cl)cc2C)=C(c2ccc(Cl)cc2)C1=O. The van der Waals surface area contributed by atoms with Crippen LogP contribution in [0.25, 0.3) is 5.57 Å². The lowest BCUT2D eigenvalue weighted by Gasteiger charge is -2.15. The van der Waals surface area contributed by atoms with Crippen molar-refractivity contribution in [2.24, 2.45) is 0 Å². The molecule has 0 unspecified atom stereocenters. The zero-order valence-corrected chi connectivity index (χ0v) is 16.4. The predicted molar refractivity (Wildman–Crippen MR) is 107 cm³/mol. The summed E-state index contributed by atoms with van der Waals surface area (Å²) >= 11 is 12.0. The fourth-order valence-electron chi connectivity index (χ4n) is 2.86. The maximum atomic E-state index is 12.9. The van der Waals surface area contributed by atoms with Crippen LogP contribution in [-0.4, -0.2) is 37.0 Å². The van der Waals surface area contributed by atoms with Crippen LogP contribution < -0.4 is 5.32 Å². The minimum Gasteiger partial charge on any atom is -0.383 e. The Hall–Kier alpha value is -2.34. The van der Waals surface area contributed by atoms with E-state index in [0.717, 1.165) is 5.56 Å². The molecule has 0 aliphatic carbocycles. The van der Waals surface area contributed by atoms with E-state index in [1.54, 1.807) is 42.5 Å². The van der Waals surface area contributed by atoms with E-state index >= 15 is 0 Å². The molecule has 0 bridgehead atoms. The minimum atomic E-state index is -0.392. The molecule has 140 valence electrons. The van der Waals surface area contributed by atoms with Crippen molar-refractivity contribution >= 4 is 46.3 Å². The number of anilines is 1. The van der Waals surface area contributed by atoms with Crippen molar-refractivity contribution < 1.29 is 14.3 Å². The van der Waals surface area contributed by atoms with Gasteiger partial charge in [0.05, 0.1) is 18.7 Å². The van der Waals surface area contributed by atoms with E-state index in [2.05, 4.69) is 5.32 Å². The van der Waals surface area contributed by atoms with E-state index in [9.17, 15) is 9.59 Å². The van der Waals surface area contributed by atoms with Crippen LogP contribution in [0.3, 0.4) is 0 Å². The van der Waals surface area contributed by atoms with Gasteiger partial charge in [0, 0.05) is 22.8 Å². The van der Waals surface area contributed by atoms with Crippen LogP contribution in [0.1, 0.15) is 11.1 Å². The molecular weight excluding hydrogens is 387 g/mol. The van der Waals surface area contributed by atoms with Gasteiger partial charge < -0.3 is 10.1 Å². The van der Waals surface area contributed by atoms with Crippen molar-refractivity contribution in [1.82, 2.24) is 4.90 Å². The van der Waals surface area contributed by atoms with Crippen molar-refractivity contribution in [3.63, 3.8) is 0 Å². The molecule has 0 spiro atoms. The normalized spacial score (nSPS) is 14.3. The molecule has 1 aliphatic rings. The summed E-state index contributed by atoms with van der Waals surface area (Å²) in [5.41, 5.74) is 2.72. The highest BCUT2D eigenvalue weighted by Crippen LogP contribution is 2.32. The fourth-order valence-corrected chi connectivity index (χ4v) is 3.22. The zero-order chi connectivity index (χ0) is 19.6. The highest BCUT2D eigenvalue weighted by Gasteiger charge is 2.39. The Labute approximate surface area is 167 Å². The van der Waals surface area contributed by atoms with Gasteiger partial charge in [0.2, 0.25) is 0 Å². The first-order valence-electron chi connectivity index (χ1n) is 8.31. The number of rotatable bonds is 6. The summed E-state index contributed by atoms with van der Waals surface area (Å²) < 4.78 is 5.03. The molecule has 3 rings (SSSR count). The second-order valence-corrected chi connectivity index (χ2v) is 6.97. The molecule has 27 heavy (non-hydrogen) atoms. The van der Waals surface area contributed by atoms with Crippen molar-refractivity contribution in [3.8, 4) is 0 Å². The topological polar surface area (TPSA) is 58.6 Å². The average molecular weight is 405 g/mol. The highest BCUT2D eigenvalue weighted by atomic mass is 35.5. The number of imide groups is 1. The second kappa shape index (κ2) is 8.13. The monoisotopic (exact) mass is 404 g/mol. The lowest BCUT2D eigenvalue weighted by atomic mass is 10.0. The summed E-state index contributed by atoms with van der Waals surface area (Å²) in [5.74, 6) is -0.759. The molecule has 2 amide bonds.